The van der Waals surface area contributed by atoms with Gasteiger partial charge in [-0.3, -0.25) is 0 Å². The molecule has 0 N–H and O–H groups in total. The third kappa shape index (κ3) is 4.44. The molecule has 3 aliphatic rings. The van der Waals surface area contributed by atoms with Crippen molar-refractivity contribution in [2.45, 2.75) is 105 Å². The number of fused-ring (bicyclic) bond motifs is 3. The van der Waals surface area contributed by atoms with Crippen LogP contribution in [0.25, 0.3) is 0 Å². The fraction of sp³-hybridized carbons (Fsp3) is 0.957. The van der Waals surface area contributed by atoms with Gasteiger partial charge in [0.25, 0.3) is 0 Å². The predicted octanol–water partition coefficient (Wildman–Crippen LogP) is 7.04. The van der Waals surface area contributed by atoms with E-state index in [4.69, 9.17) is 4.79 Å². The Labute approximate surface area is 151 Å². The predicted molar refractivity (Wildman–Crippen MR) is 104 cm³/mol. The number of carbonyl (C=O) groups excluding carboxylic acids is 1. The first-order chi connectivity index (χ1) is 11.6. The normalized spacial score (nSPS) is 41.4. The molecule has 0 amide bonds. The number of carbonyl (C=O) groups is 1. The van der Waals surface area contributed by atoms with Crippen molar-refractivity contribution in [3.63, 3.8) is 0 Å². The first kappa shape index (κ1) is 20.0. The van der Waals surface area contributed by atoms with Gasteiger partial charge in [0.05, 0.1) is 0 Å². The molecule has 0 bridgehead atoms. The summed E-state index contributed by atoms with van der Waals surface area (Å²) in [4.78, 5) is 8.81. The van der Waals surface area contributed by atoms with Gasteiger partial charge in [-0.05, 0) is 80.5 Å². The van der Waals surface area contributed by atoms with Crippen LogP contribution >= 0.6 is 0 Å². The fourth-order valence-electron chi connectivity index (χ4n) is 6.64. The molecule has 0 spiro atoms. The summed E-state index contributed by atoms with van der Waals surface area (Å²) in [5, 5.41) is 0. The maximum absolute atomic E-state index is 8.81. The number of hydrogen-bond acceptors (Lipinski definition) is 1. The van der Waals surface area contributed by atoms with Crippen LogP contribution in [-0.2, 0) is 4.79 Å². The zero-order valence-corrected chi connectivity index (χ0v) is 16.9. The summed E-state index contributed by atoms with van der Waals surface area (Å²) < 4.78 is 0. The van der Waals surface area contributed by atoms with E-state index in [0.29, 0.717) is 0 Å². The second-order valence-corrected chi connectivity index (χ2v) is 9.32. The SMILES string of the molecule is CC=O.CCCCCC1C(C)CCC2C1CCC1(C)CCCCC21. The Morgan fingerprint density at radius 3 is 2.46 bits per heavy atom. The smallest absolute Gasteiger partial charge is 0.116 e. The van der Waals surface area contributed by atoms with Crippen LogP contribution in [0, 0.1) is 35.0 Å². The molecule has 0 saturated heterocycles. The van der Waals surface area contributed by atoms with E-state index in [1.54, 1.807) is 32.1 Å². The first-order valence-electron chi connectivity index (χ1n) is 11.0. The summed E-state index contributed by atoms with van der Waals surface area (Å²) in [7, 11) is 0. The fourth-order valence-corrected chi connectivity index (χ4v) is 6.64. The van der Waals surface area contributed by atoms with Crippen molar-refractivity contribution in [2.75, 3.05) is 0 Å². The average Bonchev–Trinajstić information content (AvgIpc) is 2.57. The van der Waals surface area contributed by atoms with Crippen molar-refractivity contribution < 1.29 is 4.79 Å². The lowest BCUT2D eigenvalue weighted by atomic mass is 9.48. The van der Waals surface area contributed by atoms with Gasteiger partial charge in [-0.1, -0.05) is 59.3 Å². The van der Waals surface area contributed by atoms with E-state index in [1.807, 2.05) is 0 Å². The van der Waals surface area contributed by atoms with Crippen LogP contribution in [0.5, 0.6) is 0 Å². The number of hydrogen-bond donors (Lipinski definition) is 0. The van der Waals surface area contributed by atoms with Gasteiger partial charge in [0, 0.05) is 0 Å². The number of unbranched alkanes of at least 4 members (excludes halogenated alkanes) is 2. The zero-order valence-electron chi connectivity index (χ0n) is 16.9. The highest BCUT2D eigenvalue weighted by molar-refractivity contribution is 5.44. The lowest BCUT2D eigenvalue weighted by molar-refractivity contribution is -0.106. The molecule has 3 saturated carbocycles. The van der Waals surface area contributed by atoms with Gasteiger partial charge in [-0.25, -0.2) is 0 Å². The highest BCUT2D eigenvalue weighted by Gasteiger charge is 2.50. The summed E-state index contributed by atoms with van der Waals surface area (Å²) in [5.74, 6) is 5.37. The highest BCUT2D eigenvalue weighted by atomic mass is 16.1. The molecule has 0 aromatic rings. The lowest BCUT2D eigenvalue weighted by Gasteiger charge is -2.57. The molecule has 1 heteroatoms. The van der Waals surface area contributed by atoms with Crippen LogP contribution in [0.3, 0.4) is 0 Å². The van der Waals surface area contributed by atoms with Gasteiger partial charge in [0.2, 0.25) is 0 Å². The molecule has 3 fully saturated rings. The second-order valence-electron chi connectivity index (χ2n) is 9.32. The van der Waals surface area contributed by atoms with Crippen LogP contribution in [0.15, 0.2) is 0 Å². The maximum Gasteiger partial charge on any atom is 0.116 e. The van der Waals surface area contributed by atoms with Gasteiger partial charge in [-0.15, -0.1) is 0 Å². The summed E-state index contributed by atoms with van der Waals surface area (Å²) in [6.45, 7) is 9.01. The van der Waals surface area contributed by atoms with Crippen LogP contribution < -0.4 is 0 Å². The van der Waals surface area contributed by atoms with E-state index in [0.717, 1.165) is 41.3 Å². The van der Waals surface area contributed by atoms with Crippen LogP contribution in [0.4, 0.5) is 0 Å². The Morgan fingerprint density at radius 2 is 1.75 bits per heavy atom. The molecular weight excluding hydrogens is 292 g/mol. The van der Waals surface area contributed by atoms with Gasteiger partial charge in [0.15, 0.2) is 0 Å². The summed E-state index contributed by atoms with van der Waals surface area (Å²) >= 11 is 0. The largest absolute Gasteiger partial charge is 0.304 e. The minimum Gasteiger partial charge on any atom is -0.304 e. The summed E-state index contributed by atoms with van der Waals surface area (Å²) in [6, 6.07) is 0. The molecule has 0 aromatic carbocycles. The Balaban J connectivity index is 0.000000647. The van der Waals surface area contributed by atoms with Crippen LogP contribution in [0.1, 0.15) is 105 Å². The first-order valence-corrected chi connectivity index (χ1v) is 11.0. The molecule has 0 radical (unpaired) electrons. The molecule has 6 unspecified atom stereocenters. The molecule has 0 aliphatic heterocycles. The quantitative estimate of drug-likeness (QED) is 0.398. The molecule has 1 nitrogen and oxygen atoms in total. The van der Waals surface area contributed by atoms with Crippen LogP contribution in [-0.4, -0.2) is 6.29 Å². The third-order valence-corrected chi connectivity index (χ3v) is 7.90. The summed E-state index contributed by atoms with van der Waals surface area (Å²) in [6.07, 6.45) is 19.0. The van der Waals surface area contributed by atoms with Crippen molar-refractivity contribution in [2.24, 2.45) is 35.0 Å². The van der Waals surface area contributed by atoms with Crippen molar-refractivity contribution >= 4 is 6.29 Å². The number of rotatable bonds is 4. The van der Waals surface area contributed by atoms with E-state index in [-0.39, 0.29) is 0 Å². The van der Waals surface area contributed by atoms with Gasteiger partial charge >= 0.3 is 0 Å². The highest BCUT2D eigenvalue weighted by Crippen LogP contribution is 2.60. The molecule has 0 heterocycles. The topological polar surface area (TPSA) is 17.1 Å². The molecule has 24 heavy (non-hydrogen) atoms. The Kier molecular flexibility index (Phi) is 7.82. The zero-order chi connectivity index (χ0) is 17.6. The Hall–Kier alpha value is -0.330. The van der Waals surface area contributed by atoms with E-state index in [1.165, 1.54) is 51.9 Å². The second kappa shape index (κ2) is 9.39. The number of aldehydes is 1. The minimum atomic E-state index is 0.730. The molecule has 0 aromatic heterocycles. The van der Waals surface area contributed by atoms with E-state index in [2.05, 4.69) is 20.8 Å². The molecule has 3 aliphatic carbocycles. The van der Waals surface area contributed by atoms with Gasteiger partial charge in [0.1, 0.15) is 6.29 Å². The Bertz CT molecular complexity index is 376. The van der Waals surface area contributed by atoms with Crippen molar-refractivity contribution in [3.05, 3.63) is 0 Å². The van der Waals surface area contributed by atoms with Crippen molar-refractivity contribution in [1.29, 1.82) is 0 Å². The van der Waals surface area contributed by atoms with E-state index >= 15 is 0 Å². The average molecular weight is 335 g/mol. The van der Waals surface area contributed by atoms with Crippen molar-refractivity contribution in [3.8, 4) is 0 Å². The lowest BCUT2D eigenvalue weighted by Crippen LogP contribution is -2.48. The summed E-state index contributed by atoms with van der Waals surface area (Å²) in [5.41, 5.74) is 0.730. The Morgan fingerprint density at radius 1 is 1.00 bits per heavy atom. The molecule has 140 valence electrons. The van der Waals surface area contributed by atoms with Crippen LogP contribution in [0.2, 0.25) is 0 Å². The molecule has 3 rings (SSSR count). The van der Waals surface area contributed by atoms with E-state index in [9.17, 15) is 0 Å². The van der Waals surface area contributed by atoms with Gasteiger partial charge < -0.3 is 4.79 Å². The molecular formula is C23H42O. The minimum absolute atomic E-state index is 0.730. The standard InChI is InChI=1S/C21H38.C2H4O/c1-4-5-6-9-17-16(2)11-12-19-18(17)13-15-21(3)14-8-7-10-20(19)21;1-2-3/h16-20H,4-15H2,1-3H3;2H,1H3. The van der Waals surface area contributed by atoms with E-state index < -0.39 is 0 Å². The van der Waals surface area contributed by atoms with Gasteiger partial charge in [-0.2, -0.15) is 0 Å². The maximum atomic E-state index is 8.81. The monoisotopic (exact) mass is 334 g/mol. The third-order valence-electron chi connectivity index (χ3n) is 7.90. The van der Waals surface area contributed by atoms with Crippen molar-refractivity contribution in [1.82, 2.24) is 0 Å². The molecule has 6 atom stereocenters.